The van der Waals surface area contributed by atoms with Gasteiger partial charge in [-0.2, -0.15) is 0 Å². The Bertz CT molecular complexity index is 1130. The van der Waals surface area contributed by atoms with Crippen LogP contribution in [0.5, 0.6) is 0 Å². The van der Waals surface area contributed by atoms with Gasteiger partial charge in [0.15, 0.2) is 11.0 Å². The van der Waals surface area contributed by atoms with Crippen LogP contribution >= 0.6 is 0 Å². The van der Waals surface area contributed by atoms with Crippen molar-refractivity contribution in [2.24, 2.45) is 0 Å². The van der Waals surface area contributed by atoms with E-state index in [9.17, 15) is 13.6 Å². The maximum absolute atomic E-state index is 14.7. The molecule has 0 aliphatic carbocycles. The quantitative estimate of drug-likeness (QED) is 0.681. The molecule has 1 unspecified atom stereocenters. The lowest BCUT2D eigenvalue weighted by molar-refractivity contribution is 0.574. The minimum absolute atomic E-state index is 0.00929. The van der Waals surface area contributed by atoms with E-state index in [0.29, 0.717) is 29.7 Å². The van der Waals surface area contributed by atoms with E-state index in [1.807, 2.05) is 13.0 Å². The van der Waals surface area contributed by atoms with Gasteiger partial charge in [-0.1, -0.05) is 0 Å². The van der Waals surface area contributed by atoms with Gasteiger partial charge in [0.25, 0.3) is 0 Å². The molecule has 28 heavy (non-hydrogen) atoms. The van der Waals surface area contributed by atoms with Crippen LogP contribution in [0.15, 0.2) is 39.5 Å². The Kier molecular flexibility index (Phi) is 3.79. The average Bonchev–Trinajstić information content (AvgIpc) is 3.30. The summed E-state index contributed by atoms with van der Waals surface area (Å²) in [6, 6.07) is 7.25. The predicted octanol–water partition coefficient (Wildman–Crippen LogP) is 4.52. The highest BCUT2D eigenvalue weighted by Gasteiger charge is 2.24. The molecule has 2 aliphatic heterocycles. The number of hydrogen-bond acceptors (Lipinski definition) is 5. The molecule has 1 atom stereocenters. The average molecular weight is 383 g/mol. The van der Waals surface area contributed by atoms with Gasteiger partial charge in [0, 0.05) is 24.7 Å². The van der Waals surface area contributed by atoms with Gasteiger partial charge in [0.2, 0.25) is 0 Å². The summed E-state index contributed by atoms with van der Waals surface area (Å²) in [7, 11) is 0. The Balaban J connectivity index is 1.66. The smallest absolute Gasteiger partial charge is 0.193 e. The molecule has 0 radical (unpaired) electrons. The fourth-order valence-electron chi connectivity index (χ4n) is 4.06. The molecule has 5 rings (SSSR count). The summed E-state index contributed by atoms with van der Waals surface area (Å²) < 4.78 is 35.4. The second-order valence-electron chi connectivity index (χ2n) is 7.33. The molecule has 0 saturated carbocycles. The highest BCUT2D eigenvalue weighted by molar-refractivity contribution is 5.98. The van der Waals surface area contributed by atoms with Crippen LogP contribution < -0.4 is 21.0 Å². The van der Waals surface area contributed by atoms with E-state index in [2.05, 4.69) is 10.6 Å². The first-order chi connectivity index (χ1) is 13.5. The molecule has 2 aliphatic rings. The molecule has 144 valence electrons. The fraction of sp³-hybridized carbons (Fsp3) is 0.286. The minimum Gasteiger partial charge on any atom is -0.454 e. The molecule has 0 amide bonds. The second kappa shape index (κ2) is 6.22. The number of rotatable bonds is 2. The number of anilines is 3. The fourth-order valence-corrected chi connectivity index (χ4v) is 4.06. The highest BCUT2D eigenvalue weighted by Crippen LogP contribution is 2.38. The predicted molar refractivity (Wildman–Crippen MR) is 106 cm³/mol. The molecule has 2 aromatic carbocycles. The van der Waals surface area contributed by atoms with E-state index >= 15 is 0 Å². The molecule has 0 spiro atoms. The highest BCUT2D eigenvalue weighted by atomic mass is 19.1. The summed E-state index contributed by atoms with van der Waals surface area (Å²) in [6.07, 6.45) is 1.83. The molecular formula is C21H19F2N3O2. The lowest BCUT2D eigenvalue weighted by Gasteiger charge is -2.19. The third-order valence-corrected chi connectivity index (χ3v) is 5.35. The van der Waals surface area contributed by atoms with Gasteiger partial charge in [-0.25, -0.2) is 8.78 Å². The van der Waals surface area contributed by atoms with E-state index in [-0.39, 0.29) is 28.6 Å². The Morgan fingerprint density at radius 3 is 2.50 bits per heavy atom. The standard InChI is InChI=1S/C21H19F2N3O2/c1-11-24-16-5-4-13-17(27)10-18(28-21(13)19(16)25-11)12-8-14(22)20(15(23)9-12)26-6-2-3-7-26/h4-5,8-11,24-25H,2-3,6-7H2,1H3. The van der Waals surface area contributed by atoms with Crippen molar-refractivity contribution in [2.75, 3.05) is 28.6 Å². The zero-order valence-electron chi connectivity index (χ0n) is 15.3. The third kappa shape index (κ3) is 2.61. The van der Waals surface area contributed by atoms with E-state index in [1.54, 1.807) is 11.0 Å². The molecule has 1 fully saturated rings. The number of halogens is 2. The van der Waals surface area contributed by atoms with Gasteiger partial charge in [0.1, 0.15) is 28.8 Å². The van der Waals surface area contributed by atoms with Crippen molar-refractivity contribution < 1.29 is 13.2 Å². The van der Waals surface area contributed by atoms with Crippen LogP contribution in [0.4, 0.5) is 25.8 Å². The van der Waals surface area contributed by atoms with Crippen molar-refractivity contribution in [2.45, 2.75) is 25.9 Å². The minimum atomic E-state index is -0.647. The van der Waals surface area contributed by atoms with Crippen LogP contribution in [0, 0.1) is 11.6 Å². The first-order valence-electron chi connectivity index (χ1n) is 9.39. The summed E-state index contributed by atoms with van der Waals surface area (Å²) in [5.41, 5.74) is 1.81. The number of hydrogen-bond donors (Lipinski definition) is 2. The van der Waals surface area contributed by atoms with E-state index in [1.165, 1.54) is 18.2 Å². The number of benzene rings is 2. The maximum atomic E-state index is 14.7. The number of fused-ring (bicyclic) bond motifs is 3. The molecule has 3 aromatic rings. The van der Waals surface area contributed by atoms with Gasteiger partial charge in [-0.15, -0.1) is 0 Å². The van der Waals surface area contributed by atoms with Crippen LogP contribution in [0.25, 0.3) is 22.3 Å². The zero-order chi connectivity index (χ0) is 19.4. The number of nitrogens with one attached hydrogen (secondary N) is 2. The van der Waals surface area contributed by atoms with Crippen molar-refractivity contribution in [1.82, 2.24) is 0 Å². The summed E-state index contributed by atoms with van der Waals surface area (Å²) in [4.78, 5) is 14.3. The van der Waals surface area contributed by atoms with Gasteiger partial charge >= 0.3 is 0 Å². The normalized spacial score (nSPS) is 18.2. The van der Waals surface area contributed by atoms with Crippen molar-refractivity contribution >= 4 is 28.0 Å². The number of nitrogens with zero attached hydrogens (tertiary/aromatic N) is 1. The first-order valence-corrected chi connectivity index (χ1v) is 9.39. The zero-order valence-corrected chi connectivity index (χ0v) is 15.3. The Hall–Kier alpha value is -3.09. The van der Waals surface area contributed by atoms with Crippen LogP contribution in [-0.2, 0) is 0 Å². The lowest BCUT2D eigenvalue weighted by atomic mass is 10.1. The molecular weight excluding hydrogens is 364 g/mol. The summed E-state index contributed by atoms with van der Waals surface area (Å²) in [6.45, 7) is 3.22. The van der Waals surface area contributed by atoms with E-state index < -0.39 is 11.6 Å². The van der Waals surface area contributed by atoms with Gasteiger partial charge < -0.3 is 20.0 Å². The lowest BCUT2D eigenvalue weighted by Crippen LogP contribution is -2.20. The molecule has 7 heteroatoms. The Morgan fingerprint density at radius 2 is 1.79 bits per heavy atom. The van der Waals surface area contributed by atoms with E-state index in [0.717, 1.165) is 18.5 Å². The molecule has 5 nitrogen and oxygen atoms in total. The topological polar surface area (TPSA) is 57.5 Å². The largest absolute Gasteiger partial charge is 0.454 e. The van der Waals surface area contributed by atoms with Crippen molar-refractivity contribution in [3.05, 3.63) is 52.2 Å². The van der Waals surface area contributed by atoms with Crippen molar-refractivity contribution in [3.63, 3.8) is 0 Å². The maximum Gasteiger partial charge on any atom is 0.193 e. The SMILES string of the molecule is CC1Nc2ccc3c(=O)cc(-c4cc(F)c(N5CCCC5)c(F)c4)oc3c2N1. The molecule has 0 bridgehead atoms. The van der Waals surface area contributed by atoms with Crippen LogP contribution in [0.2, 0.25) is 0 Å². The van der Waals surface area contributed by atoms with Gasteiger partial charge in [-0.05, 0) is 44.0 Å². The summed E-state index contributed by atoms with van der Waals surface area (Å²) in [5.74, 6) is -1.16. The molecule has 3 heterocycles. The van der Waals surface area contributed by atoms with Gasteiger partial charge in [-0.3, -0.25) is 4.79 Å². The monoisotopic (exact) mass is 383 g/mol. The molecule has 2 N–H and O–H groups in total. The second-order valence-corrected chi connectivity index (χ2v) is 7.33. The summed E-state index contributed by atoms with van der Waals surface area (Å²) >= 11 is 0. The molecule has 1 saturated heterocycles. The van der Waals surface area contributed by atoms with Crippen LogP contribution in [0.1, 0.15) is 19.8 Å². The first kappa shape index (κ1) is 17.0. The van der Waals surface area contributed by atoms with Crippen molar-refractivity contribution in [3.8, 4) is 11.3 Å². The van der Waals surface area contributed by atoms with Gasteiger partial charge in [0.05, 0.1) is 17.2 Å². The summed E-state index contributed by atoms with van der Waals surface area (Å²) in [5, 5.41) is 6.86. The van der Waals surface area contributed by atoms with Crippen LogP contribution in [-0.4, -0.2) is 19.3 Å². The van der Waals surface area contributed by atoms with Crippen molar-refractivity contribution in [1.29, 1.82) is 0 Å². The van der Waals surface area contributed by atoms with E-state index in [4.69, 9.17) is 4.42 Å². The molecule has 1 aromatic heterocycles. The Morgan fingerprint density at radius 1 is 1.07 bits per heavy atom. The third-order valence-electron chi connectivity index (χ3n) is 5.35. The van der Waals surface area contributed by atoms with Crippen LogP contribution in [0.3, 0.4) is 0 Å². The Labute approximate surface area is 160 Å².